The predicted molar refractivity (Wildman–Crippen MR) is 176 cm³/mol. The average Bonchev–Trinajstić information content (AvgIpc) is 3.69. The lowest BCUT2D eigenvalue weighted by molar-refractivity contribution is -0.140. The van der Waals surface area contributed by atoms with Crippen molar-refractivity contribution in [1.82, 2.24) is 29.6 Å². The zero-order valence-electron chi connectivity index (χ0n) is 28.7. The van der Waals surface area contributed by atoms with Crippen LogP contribution in [0.2, 0.25) is 0 Å². The van der Waals surface area contributed by atoms with E-state index in [9.17, 15) is 23.6 Å². The van der Waals surface area contributed by atoms with Gasteiger partial charge in [0.25, 0.3) is 5.91 Å². The Morgan fingerprint density at radius 1 is 1.06 bits per heavy atom. The van der Waals surface area contributed by atoms with E-state index in [0.29, 0.717) is 31.7 Å². The summed E-state index contributed by atoms with van der Waals surface area (Å²) in [5.74, 6) is -1.14. The Hall–Kier alpha value is -3.96. The number of aryl methyl sites for hydroxylation is 1. The highest BCUT2D eigenvalue weighted by Crippen LogP contribution is 2.30. The Morgan fingerprint density at radius 2 is 1.74 bits per heavy atom. The lowest BCUT2D eigenvalue weighted by Gasteiger charge is -2.37. The summed E-state index contributed by atoms with van der Waals surface area (Å²) in [6, 6.07) is 4.40. The van der Waals surface area contributed by atoms with Crippen LogP contribution in [0.1, 0.15) is 88.7 Å². The van der Waals surface area contributed by atoms with Crippen LogP contribution < -0.4 is 5.32 Å². The van der Waals surface area contributed by atoms with Gasteiger partial charge in [0.05, 0.1) is 6.33 Å². The number of hydrogen-bond donors (Lipinski definition) is 1. The molecule has 1 aromatic heterocycles. The molecular formula is C35H51FN6O5. The smallest absolute Gasteiger partial charge is 0.410 e. The third-order valence-corrected chi connectivity index (χ3v) is 9.21. The predicted octanol–water partition coefficient (Wildman–Crippen LogP) is 4.56. The van der Waals surface area contributed by atoms with Crippen molar-refractivity contribution in [3.63, 3.8) is 0 Å². The molecule has 1 saturated carbocycles. The Balaban J connectivity index is 1.51. The van der Waals surface area contributed by atoms with Gasteiger partial charge in [-0.1, -0.05) is 31.4 Å². The second kappa shape index (κ2) is 15.8. The van der Waals surface area contributed by atoms with Gasteiger partial charge in [-0.15, -0.1) is 0 Å². The Bertz CT molecular complexity index is 1380. The molecule has 12 heteroatoms. The van der Waals surface area contributed by atoms with Gasteiger partial charge in [-0.25, -0.2) is 14.2 Å². The molecule has 1 aromatic carbocycles. The molecule has 1 aliphatic carbocycles. The van der Waals surface area contributed by atoms with Crippen molar-refractivity contribution < 1.29 is 28.3 Å². The van der Waals surface area contributed by atoms with Crippen molar-refractivity contribution in [2.45, 2.75) is 103 Å². The molecule has 47 heavy (non-hydrogen) atoms. The van der Waals surface area contributed by atoms with Crippen molar-refractivity contribution >= 4 is 23.8 Å². The van der Waals surface area contributed by atoms with Crippen LogP contribution in [0.4, 0.5) is 9.18 Å². The number of nitrogens with one attached hydrogen (secondary N) is 1. The molecule has 4 amide bonds. The number of amides is 4. The van der Waals surface area contributed by atoms with Crippen molar-refractivity contribution in [2.75, 3.05) is 26.7 Å². The lowest BCUT2D eigenvalue weighted by atomic mass is 9.83. The number of likely N-dealkylation sites (tertiary alicyclic amines) is 1. The number of carbonyl (C=O) groups excluding carboxylic acids is 4. The van der Waals surface area contributed by atoms with Gasteiger partial charge in [0.2, 0.25) is 11.8 Å². The number of benzene rings is 1. The van der Waals surface area contributed by atoms with Gasteiger partial charge in [-0.05, 0) is 83.4 Å². The normalized spacial score (nSPS) is 18.4. The van der Waals surface area contributed by atoms with Crippen LogP contribution in [0.3, 0.4) is 0 Å². The first-order chi connectivity index (χ1) is 22.2. The molecule has 258 valence electrons. The molecule has 3 unspecified atom stereocenters. The van der Waals surface area contributed by atoms with Crippen molar-refractivity contribution in [1.29, 1.82) is 0 Å². The molecule has 2 aromatic rings. The number of likely N-dealkylation sites (N-methyl/N-ethyl adjacent to an activating group) is 1. The van der Waals surface area contributed by atoms with Crippen LogP contribution in [-0.2, 0) is 27.8 Å². The first-order valence-corrected chi connectivity index (χ1v) is 16.8. The maximum atomic E-state index is 14.4. The largest absolute Gasteiger partial charge is 0.444 e. The Labute approximate surface area is 277 Å². The molecule has 0 bridgehead atoms. The summed E-state index contributed by atoms with van der Waals surface area (Å²) < 4.78 is 20.7. The summed E-state index contributed by atoms with van der Waals surface area (Å²) in [7, 11) is 3.32. The fourth-order valence-electron chi connectivity index (χ4n) is 6.42. The second-order valence-corrected chi connectivity index (χ2v) is 14.0. The zero-order chi connectivity index (χ0) is 34.3. The summed E-state index contributed by atoms with van der Waals surface area (Å²) in [5, 5.41) is 3.03. The molecule has 0 radical (unpaired) electrons. The lowest BCUT2D eigenvalue weighted by Crippen LogP contribution is -2.58. The standard InChI is InChI=1S/C35H51FN6O5/c1-24(40(6)34(46)47-35(2,3)4)31(43)38-30(26-11-8-7-9-12-26)33(45)42-19-10-13-28(42)21-41(32(44)29-22-39(5)23-37-29)20-18-25-14-16-27(36)17-15-25/h14-17,22-24,26,28,30H,7-13,18-21H2,1-6H3,(H,38,43). The molecule has 4 rings (SSSR count). The number of carbonyl (C=O) groups is 4. The first-order valence-electron chi connectivity index (χ1n) is 16.8. The SMILES string of the molecule is CC(C(=O)NC(C(=O)N1CCCC1CN(CCc1ccc(F)cc1)C(=O)c1cn(C)cn1)C1CCCCC1)N(C)C(=O)OC(C)(C)C. The molecule has 2 fully saturated rings. The van der Waals surface area contributed by atoms with E-state index >= 15 is 0 Å². The fourth-order valence-corrected chi connectivity index (χ4v) is 6.42. The van der Waals surface area contributed by atoms with Crippen molar-refractivity contribution in [2.24, 2.45) is 13.0 Å². The quantitative estimate of drug-likeness (QED) is 0.380. The van der Waals surface area contributed by atoms with Gasteiger partial charge >= 0.3 is 6.09 Å². The highest BCUT2D eigenvalue weighted by atomic mass is 19.1. The van der Waals surface area contributed by atoms with Crippen LogP contribution >= 0.6 is 0 Å². The van der Waals surface area contributed by atoms with Gasteiger partial charge in [-0.3, -0.25) is 19.3 Å². The van der Waals surface area contributed by atoms with Gasteiger partial charge in [0, 0.05) is 46.0 Å². The number of ether oxygens (including phenoxy) is 1. The number of nitrogens with zero attached hydrogens (tertiary/aromatic N) is 5. The van der Waals surface area contributed by atoms with Crippen LogP contribution in [0.5, 0.6) is 0 Å². The number of imidazole rings is 1. The summed E-state index contributed by atoms with van der Waals surface area (Å²) in [5.41, 5.74) is 0.505. The molecule has 1 aliphatic heterocycles. The van der Waals surface area contributed by atoms with Gasteiger partial charge < -0.3 is 24.4 Å². The number of aromatic nitrogens is 2. The number of hydrogen-bond acceptors (Lipinski definition) is 6. The van der Waals surface area contributed by atoms with E-state index in [1.165, 1.54) is 24.1 Å². The molecule has 1 saturated heterocycles. The molecule has 3 atom stereocenters. The average molecular weight is 655 g/mol. The topological polar surface area (TPSA) is 117 Å². The van der Waals surface area contributed by atoms with Crippen LogP contribution in [0.25, 0.3) is 0 Å². The molecular weight excluding hydrogens is 603 g/mol. The minimum Gasteiger partial charge on any atom is -0.444 e. The maximum Gasteiger partial charge on any atom is 0.410 e. The molecule has 2 aliphatic rings. The van der Waals surface area contributed by atoms with Gasteiger partial charge in [-0.2, -0.15) is 0 Å². The van der Waals surface area contributed by atoms with E-state index < -0.39 is 29.7 Å². The van der Waals surface area contributed by atoms with E-state index in [4.69, 9.17) is 4.74 Å². The van der Waals surface area contributed by atoms with Crippen LogP contribution in [0, 0.1) is 11.7 Å². The third-order valence-electron chi connectivity index (χ3n) is 9.21. The number of halogens is 1. The number of rotatable bonds is 11. The van der Waals surface area contributed by atoms with Crippen molar-refractivity contribution in [3.05, 3.63) is 53.9 Å². The Morgan fingerprint density at radius 3 is 2.36 bits per heavy atom. The highest BCUT2D eigenvalue weighted by molar-refractivity contribution is 5.93. The summed E-state index contributed by atoms with van der Waals surface area (Å²) >= 11 is 0. The summed E-state index contributed by atoms with van der Waals surface area (Å²) in [4.78, 5) is 63.4. The van der Waals surface area contributed by atoms with E-state index in [1.54, 1.807) is 68.9 Å². The van der Waals surface area contributed by atoms with E-state index in [1.807, 2.05) is 4.90 Å². The van der Waals surface area contributed by atoms with Crippen LogP contribution in [0.15, 0.2) is 36.8 Å². The zero-order valence-corrected chi connectivity index (χ0v) is 28.7. The van der Waals surface area contributed by atoms with E-state index in [2.05, 4.69) is 10.3 Å². The minimum atomic E-state index is -0.851. The van der Waals surface area contributed by atoms with Gasteiger partial charge in [0.15, 0.2) is 0 Å². The Kier molecular flexibility index (Phi) is 12.0. The van der Waals surface area contributed by atoms with E-state index in [-0.39, 0.29) is 29.6 Å². The van der Waals surface area contributed by atoms with Crippen LogP contribution in [-0.4, -0.2) is 98.5 Å². The molecule has 0 spiro atoms. The highest BCUT2D eigenvalue weighted by Gasteiger charge is 2.40. The fraction of sp³-hybridized carbons (Fsp3) is 0.629. The van der Waals surface area contributed by atoms with Gasteiger partial charge in [0.1, 0.15) is 29.2 Å². The summed E-state index contributed by atoms with van der Waals surface area (Å²) in [6.45, 7) is 8.13. The molecule has 1 N–H and O–H groups in total. The van der Waals surface area contributed by atoms with Crippen molar-refractivity contribution in [3.8, 4) is 0 Å². The maximum absolute atomic E-state index is 14.4. The monoisotopic (exact) mass is 654 g/mol. The van der Waals surface area contributed by atoms with E-state index in [0.717, 1.165) is 50.5 Å². The summed E-state index contributed by atoms with van der Waals surface area (Å²) in [6.07, 6.45) is 9.37. The minimum absolute atomic E-state index is 0.0230. The molecule has 2 heterocycles. The second-order valence-electron chi connectivity index (χ2n) is 14.0. The molecule has 11 nitrogen and oxygen atoms in total. The third kappa shape index (κ3) is 9.77. The first kappa shape index (κ1) is 35.9.